The van der Waals surface area contributed by atoms with Crippen molar-refractivity contribution in [3.05, 3.63) is 108 Å². The Labute approximate surface area is 336 Å². The molecule has 1 aliphatic heterocycles. The third-order valence-electron chi connectivity index (χ3n) is 9.47. The first kappa shape index (κ1) is 44.3. The van der Waals surface area contributed by atoms with Gasteiger partial charge in [-0.25, -0.2) is 0 Å². The van der Waals surface area contributed by atoms with Crippen LogP contribution in [0.15, 0.2) is 91.0 Å². The lowest BCUT2D eigenvalue weighted by atomic mass is 10.0. The Morgan fingerprint density at radius 2 is 1.41 bits per heavy atom. The second-order valence-electron chi connectivity index (χ2n) is 13.9. The van der Waals surface area contributed by atoms with Crippen molar-refractivity contribution in [1.29, 1.82) is 0 Å². The quantitative estimate of drug-likeness (QED) is 0.0800. The zero-order valence-corrected chi connectivity index (χ0v) is 32.3. The Morgan fingerprint density at radius 1 is 0.793 bits per heavy atom. The maximum Gasteiger partial charge on any atom is 0.303 e. The maximum absolute atomic E-state index is 14.3. The van der Waals surface area contributed by atoms with E-state index in [2.05, 4.69) is 21.3 Å². The summed E-state index contributed by atoms with van der Waals surface area (Å²) in [6.45, 7) is 1.20. The number of carbonyl (C=O) groups is 8. The van der Waals surface area contributed by atoms with Gasteiger partial charge in [0.05, 0.1) is 31.7 Å². The molecule has 1 heterocycles. The molecular weight excluding hydrogens is 748 g/mol. The standard InChI is InChI=1S/C42H50N6O10/c1-2-13-31(38(53)41(56)44-24-35(50)47-37(39(43)54)29-18-10-5-11-19-29)46-40(55)33-23-30(58-26-28-16-8-4-9-17-28)25-48(33)42(57)32(20-12-21-36(51)52)45-34(49)22-27-14-6-3-7-15-27/h3-11,14-19,30-33,37H,2,12-13,20-26H2,1H3,(H2,43,54)(H,44,56)(H,45,49)(H,46,55)(H,47,50)(H,51,52)/t30-,31?,32+,33+,37+/m1/s1. The Hall–Kier alpha value is -6.42. The van der Waals surface area contributed by atoms with E-state index in [0.29, 0.717) is 17.5 Å². The molecule has 16 nitrogen and oxygen atoms in total. The van der Waals surface area contributed by atoms with E-state index in [0.717, 1.165) is 5.56 Å². The molecule has 0 saturated carbocycles. The molecule has 58 heavy (non-hydrogen) atoms. The Kier molecular flexibility index (Phi) is 17.1. The highest BCUT2D eigenvalue weighted by Crippen LogP contribution is 2.24. The minimum absolute atomic E-state index is 0.0199. The van der Waals surface area contributed by atoms with Crippen molar-refractivity contribution in [3.63, 3.8) is 0 Å². The Balaban J connectivity index is 1.48. The topological polar surface area (TPSA) is 243 Å². The number of ether oxygens (including phenoxy) is 1. The van der Waals surface area contributed by atoms with Gasteiger partial charge in [0.1, 0.15) is 18.1 Å². The summed E-state index contributed by atoms with van der Waals surface area (Å²) in [5, 5.41) is 19.3. The van der Waals surface area contributed by atoms with E-state index >= 15 is 0 Å². The van der Waals surface area contributed by atoms with Gasteiger partial charge in [-0.2, -0.15) is 0 Å². The first-order valence-corrected chi connectivity index (χ1v) is 19.1. The summed E-state index contributed by atoms with van der Waals surface area (Å²) in [4.78, 5) is 105. The summed E-state index contributed by atoms with van der Waals surface area (Å²) in [5.41, 5.74) is 7.43. The summed E-state index contributed by atoms with van der Waals surface area (Å²) in [6, 6.07) is 21.4. The van der Waals surface area contributed by atoms with Gasteiger partial charge in [0.2, 0.25) is 35.3 Å². The second kappa shape index (κ2) is 22.4. The van der Waals surface area contributed by atoms with Crippen molar-refractivity contribution in [2.45, 2.75) is 88.7 Å². The molecule has 0 radical (unpaired) electrons. The van der Waals surface area contributed by atoms with E-state index in [9.17, 15) is 43.5 Å². The third-order valence-corrected chi connectivity index (χ3v) is 9.47. The molecule has 308 valence electrons. The number of carbonyl (C=O) groups excluding carboxylic acids is 7. The van der Waals surface area contributed by atoms with E-state index < -0.39 is 84.0 Å². The average Bonchev–Trinajstić information content (AvgIpc) is 3.65. The Morgan fingerprint density at radius 3 is 2.02 bits per heavy atom. The zero-order valence-electron chi connectivity index (χ0n) is 32.3. The lowest BCUT2D eigenvalue weighted by Crippen LogP contribution is -2.56. The van der Waals surface area contributed by atoms with Crippen molar-refractivity contribution in [2.24, 2.45) is 5.73 Å². The first-order valence-electron chi connectivity index (χ1n) is 19.1. The van der Waals surface area contributed by atoms with Crippen molar-refractivity contribution in [2.75, 3.05) is 13.1 Å². The molecule has 0 bridgehead atoms. The molecule has 0 aliphatic carbocycles. The van der Waals surface area contributed by atoms with Gasteiger partial charge in [0.25, 0.3) is 5.91 Å². The SMILES string of the molecule is CCCC(NC(=O)[C@@H]1C[C@@H](OCc2ccccc2)CN1C(=O)[C@H](CCCC(=O)O)NC(=O)Cc1ccccc1)C(=O)C(=O)NCC(=O)N[C@H](C(N)=O)c1ccccc1. The fourth-order valence-corrected chi connectivity index (χ4v) is 6.55. The number of nitrogens with zero attached hydrogens (tertiary/aromatic N) is 1. The van der Waals surface area contributed by atoms with Gasteiger partial charge >= 0.3 is 5.97 Å². The number of likely N-dealkylation sites (tertiary alicyclic amines) is 1. The minimum atomic E-state index is -1.33. The molecule has 7 N–H and O–H groups in total. The minimum Gasteiger partial charge on any atom is -0.481 e. The smallest absolute Gasteiger partial charge is 0.303 e. The number of ketones is 1. The van der Waals surface area contributed by atoms with Crippen molar-refractivity contribution < 1.29 is 48.2 Å². The van der Waals surface area contributed by atoms with E-state index in [4.69, 9.17) is 10.5 Å². The summed E-state index contributed by atoms with van der Waals surface area (Å²) in [6.07, 6.45) is -0.462. The number of nitrogens with one attached hydrogen (secondary N) is 4. The number of Topliss-reactive ketones (excluding diaryl/α,β-unsaturated/α-hetero) is 1. The number of hydrogen-bond donors (Lipinski definition) is 6. The monoisotopic (exact) mass is 798 g/mol. The molecule has 1 aliphatic rings. The fourth-order valence-electron chi connectivity index (χ4n) is 6.55. The second-order valence-corrected chi connectivity index (χ2v) is 13.9. The number of aliphatic carboxylic acids is 1. The van der Waals surface area contributed by atoms with Crippen LogP contribution < -0.4 is 27.0 Å². The van der Waals surface area contributed by atoms with Crippen LogP contribution in [0.1, 0.15) is 68.2 Å². The lowest BCUT2D eigenvalue weighted by molar-refractivity contribution is -0.144. The van der Waals surface area contributed by atoms with Crippen LogP contribution in [0.5, 0.6) is 0 Å². The van der Waals surface area contributed by atoms with Gasteiger partial charge in [0, 0.05) is 19.4 Å². The largest absolute Gasteiger partial charge is 0.481 e. The van der Waals surface area contributed by atoms with Crippen LogP contribution >= 0.6 is 0 Å². The first-order chi connectivity index (χ1) is 27.9. The van der Waals surface area contributed by atoms with Gasteiger partial charge < -0.3 is 41.7 Å². The van der Waals surface area contributed by atoms with E-state index in [1.54, 1.807) is 67.6 Å². The number of carboxylic acid groups (broad SMARTS) is 1. The van der Waals surface area contributed by atoms with Crippen LogP contribution in [0.2, 0.25) is 0 Å². The maximum atomic E-state index is 14.3. The molecule has 16 heteroatoms. The highest BCUT2D eigenvalue weighted by molar-refractivity contribution is 6.38. The van der Waals surface area contributed by atoms with Gasteiger partial charge in [-0.1, -0.05) is 104 Å². The van der Waals surface area contributed by atoms with Crippen LogP contribution in [-0.4, -0.2) is 94.5 Å². The van der Waals surface area contributed by atoms with Gasteiger partial charge in [-0.15, -0.1) is 0 Å². The summed E-state index contributed by atoms with van der Waals surface area (Å²) in [5.74, 6) is -6.75. The molecule has 1 unspecified atom stereocenters. The van der Waals surface area contributed by atoms with E-state index in [1.807, 2.05) is 30.3 Å². The van der Waals surface area contributed by atoms with Gasteiger partial charge in [-0.05, 0) is 36.0 Å². The third kappa shape index (κ3) is 13.7. The summed E-state index contributed by atoms with van der Waals surface area (Å²) >= 11 is 0. The molecule has 3 aromatic rings. The molecule has 0 aromatic heterocycles. The normalized spacial score (nSPS) is 16.3. The highest BCUT2D eigenvalue weighted by Gasteiger charge is 2.43. The summed E-state index contributed by atoms with van der Waals surface area (Å²) < 4.78 is 6.13. The van der Waals surface area contributed by atoms with Crippen LogP contribution in [0.3, 0.4) is 0 Å². The molecule has 6 amide bonds. The number of benzene rings is 3. The zero-order chi connectivity index (χ0) is 42.0. The summed E-state index contributed by atoms with van der Waals surface area (Å²) in [7, 11) is 0. The molecule has 4 rings (SSSR count). The number of rotatable bonds is 22. The van der Waals surface area contributed by atoms with Crippen molar-refractivity contribution in [3.8, 4) is 0 Å². The van der Waals surface area contributed by atoms with E-state index in [-0.39, 0.29) is 51.7 Å². The number of primary amides is 1. The van der Waals surface area contributed by atoms with Crippen molar-refractivity contribution >= 4 is 47.2 Å². The van der Waals surface area contributed by atoms with Crippen LogP contribution in [0.25, 0.3) is 0 Å². The predicted molar refractivity (Wildman–Crippen MR) is 210 cm³/mol. The molecule has 1 saturated heterocycles. The van der Waals surface area contributed by atoms with Crippen LogP contribution in [0.4, 0.5) is 0 Å². The molecule has 0 spiro atoms. The van der Waals surface area contributed by atoms with Gasteiger partial charge in [-0.3, -0.25) is 38.4 Å². The van der Waals surface area contributed by atoms with Crippen LogP contribution in [-0.2, 0) is 56.1 Å². The van der Waals surface area contributed by atoms with Crippen molar-refractivity contribution in [1.82, 2.24) is 26.2 Å². The predicted octanol–water partition coefficient (Wildman–Crippen LogP) is 1.47. The number of hydrogen-bond acceptors (Lipinski definition) is 9. The molecule has 5 atom stereocenters. The fraction of sp³-hybridized carbons (Fsp3) is 0.381. The average molecular weight is 799 g/mol. The van der Waals surface area contributed by atoms with Crippen LogP contribution in [0, 0.1) is 0 Å². The number of amides is 6. The molecular formula is C42H50N6O10. The van der Waals surface area contributed by atoms with E-state index in [1.165, 1.54) is 4.90 Å². The molecule has 3 aromatic carbocycles. The van der Waals surface area contributed by atoms with Gasteiger partial charge in [0.15, 0.2) is 0 Å². The Bertz CT molecular complexity index is 1900. The lowest BCUT2D eigenvalue weighted by Gasteiger charge is -2.29. The highest BCUT2D eigenvalue weighted by atomic mass is 16.5. The number of nitrogens with two attached hydrogens (primary N) is 1. The number of carboxylic acids is 1. The molecule has 1 fully saturated rings.